The molecule has 1 atom stereocenters. The van der Waals surface area contributed by atoms with Gasteiger partial charge in [-0.3, -0.25) is 14.2 Å². The number of likely N-dealkylation sites (tertiary alicyclic amines) is 1. The van der Waals surface area contributed by atoms with Gasteiger partial charge in [-0.25, -0.2) is 9.78 Å². The van der Waals surface area contributed by atoms with Crippen LogP contribution in [0.15, 0.2) is 53.3 Å². The van der Waals surface area contributed by atoms with E-state index in [1.165, 1.54) is 0 Å². The molecule has 164 valence electrons. The van der Waals surface area contributed by atoms with Crippen LogP contribution in [0.1, 0.15) is 53.5 Å². The molecule has 32 heavy (non-hydrogen) atoms. The molecule has 1 unspecified atom stereocenters. The van der Waals surface area contributed by atoms with Crippen molar-refractivity contribution >= 4 is 22.8 Å². The zero-order chi connectivity index (χ0) is 22.1. The van der Waals surface area contributed by atoms with Gasteiger partial charge < -0.3 is 9.64 Å². The lowest BCUT2D eigenvalue weighted by atomic mass is 10.1. The van der Waals surface area contributed by atoms with Crippen molar-refractivity contribution in [1.29, 1.82) is 0 Å². The van der Waals surface area contributed by atoms with E-state index in [1.54, 1.807) is 39.8 Å². The molecule has 0 N–H and O–H groups in total. The maximum atomic E-state index is 13.2. The average molecular weight is 431 g/mol. The van der Waals surface area contributed by atoms with Gasteiger partial charge in [0, 0.05) is 31.6 Å². The Bertz CT molecular complexity index is 1230. The summed E-state index contributed by atoms with van der Waals surface area (Å²) in [7, 11) is 0. The third-order valence-corrected chi connectivity index (χ3v) is 6.27. The minimum Gasteiger partial charge on any atom is -0.444 e. The number of rotatable bonds is 4. The van der Waals surface area contributed by atoms with E-state index in [2.05, 4.69) is 4.98 Å². The van der Waals surface area contributed by atoms with E-state index in [-0.39, 0.29) is 17.0 Å². The van der Waals surface area contributed by atoms with Crippen LogP contribution < -0.4 is 5.56 Å². The molecule has 7 nitrogen and oxygen atoms in total. The number of hydrogen-bond donors (Lipinski definition) is 0. The van der Waals surface area contributed by atoms with Crippen LogP contribution in [0.5, 0.6) is 0 Å². The number of benzene rings is 2. The van der Waals surface area contributed by atoms with Crippen LogP contribution in [-0.4, -0.2) is 39.4 Å². The van der Waals surface area contributed by atoms with Crippen molar-refractivity contribution in [2.75, 3.05) is 13.1 Å². The van der Waals surface area contributed by atoms with Crippen LogP contribution in [0.4, 0.5) is 0 Å². The van der Waals surface area contributed by atoms with Crippen LogP contribution in [0.3, 0.4) is 0 Å². The second kappa shape index (κ2) is 8.57. The molecule has 1 fully saturated rings. The maximum Gasteiger partial charge on any atom is 0.339 e. The largest absolute Gasteiger partial charge is 0.444 e. The van der Waals surface area contributed by atoms with Crippen molar-refractivity contribution in [3.63, 3.8) is 0 Å². The number of carbonyl (C=O) groups excluding carboxylic acids is 2. The lowest BCUT2D eigenvalue weighted by Crippen LogP contribution is -2.40. The summed E-state index contributed by atoms with van der Waals surface area (Å²) in [5.74, 6) is -0.0526. The zero-order valence-electron chi connectivity index (χ0n) is 17.8. The summed E-state index contributed by atoms with van der Waals surface area (Å²) in [5, 5.41) is 0.483. The molecule has 2 aliphatic heterocycles. The molecule has 0 saturated carbocycles. The molecule has 1 saturated heterocycles. The van der Waals surface area contributed by atoms with E-state index in [9.17, 15) is 14.4 Å². The van der Waals surface area contributed by atoms with E-state index in [0.29, 0.717) is 36.1 Å². The molecular weight excluding hydrogens is 406 g/mol. The quantitative estimate of drug-likeness (QED) is 0.593. The third kappa shape index (κ3) is 3.79. The van der Waals surface area contributed by atoms with Gasteiger partial charge in [-0.15, -0.1) is 0 Å². The molecule has 2 aliphatic rings. The number of hydrogen-bond acceptors (Lipinski definition) is 5. The van der Waals surface area contributed by atoms with Crippen molar-refractivity contribution in [2.45, 2.75) is 44.8 Å². The Morgan fingerprint density at radius 1 is 0.938 bits per heavy atom. The summed E-state index contributed by atoms with van der Waals surface area (Å²) in [6, 6.07) is 13.9. The number of piperidine rings is 1. The highest BCUT2D eigenvalue weighted by atomic mass is 16.5. The fourth-order valence-corrected chi connectivity index (χ4v) is 4.55. The third-order valence-electron chi connectivity index (χ3n) is 6.27. The average Bonchev–Trinajstić information content (AvgIpc) is 3.32. The summed E-state index contributed by atoms with van der Waals surface area (Å²) in [5.41, 5.74) is 1.33. The van der Waals surface area contributed by atoms with Crippen molar-refractivity contribution in [3.05, 3.63) is 75.8 Å². The molecule has 3 aromatic rings. The van der Waals surface area contributed by atoms with Crippen molar-refractivity contribution < 1.29 is 14.3 Å². The smallest absolute Gasteiger partial charge is 0.339 e. The van der Waals surface area contributed by atoms with Crippen molar-refractivity contribution in [3.8, 4) is 0 Å². The molecular formula is C25H25N3O4. The number of amides is 1. The molecule has 0 aliphatic carbocycles. The van der Waals surface area contributed by atoms with Gasteiger partial charge in [-0.05, 0) is 43.9 Å². The van der Waals surface area contributed by atoms with Gasteiger partial charge in [-0.1, -0.05) is 30.3 Å². The first-order valence-electron chi connectivity index (χ1n) is 11.2. The van der Waals surface area contributed by atoms with E-state index in [4.69, 9.17) is 4.74 Å². The van der Waals surface area contributed by atoms with Gasteiger partial charge in [0.2, 0.25) is 6.10 Å². The fraction of sp³-hybridized carbons (Fsp3) is 0.360. The second-order valence-corrected chi connectivity index (χ2v) is 8.40. The Morgan fingerprint density at radius 3 is 2.50 bits per heavy atom. The van der Waals surface area contributed by atoms with E-state index in [0.717, 1.165) is 37.9 Å². The lowest BCUT2D eigenvalue weighted by Gasteiger charge is -2.30. The van der Waals surface area contributed by atoms with Gasteiger partial charge >= 0.3 is 5.97 Å². The first-order chi connectivity index (χ1) is 15.6. The summed E-state index contributed by atoms with van der Waals surface area (Å²) in [6.07, 6.45) is 3.66. The van der Waals surface area contributed by atoms with Crippen LogP contribution >= 0.6 is 0 Å². The van der Waals surface area contributed by atoms with Crippen LogP contribution in [-0.2, 0) is 22.5 Å². The molecule has 3 heterocycles. The van der Waals surface area contributed by atoms with Gasteiger partial charge in [0.15, 0.2) is 0 Å². The highest BCUT2D eigenvalue weighted by Crippen LogP contribution is 2.25. The molecule has 1 aromatic heterocycles. The van der Waals surface area contributed by atoms with Crippen molar-refractivity contribution in [1.82, 2.24) is 14.5 Å². The van der Waals surface area contributed by atoms with E-state index < -0.39 is 12.1 Å². The minimum absolute atomic E-state index is 0.0788. The molecule has 0 spiro atoms. The topological polar surface area (TPSA) is 81.5 Å². The summed E-state index contributed by atoms with van der Waals surface area (Å²) in [4.78, 5) is 45.4. The lowest BCUT2D eigenvalue weighted by molar-refractivity contribution is -0.142. The molecule has 1 amide bonds. The number of ether oxygens (including phenoxy) is 1. The summed E-state index contributed by atoms with van der Waals surface area (Å²) >= 11 is 0. The molecule has 7 heteroatoms. The van der Waals surface area contributed by atoms with Gasteiger partial charge in [-0.2, -0.15) is 0 Å². The van der Waals surface area contributed by atoms with Gasteiger partial charge in [0.05, 0.1) is 16.5 Å². The highest BCUT2D eigenvalue weighted by molar-refractivity contribution is 5.96. The van der Waals surface area contributed by atoms with Crippen LogP contribution in [0, 0.1) is 0 Å². The molecule has 2 aromatic carbocycles. The molecule has 5 rings (SSSR count). The number of aromatic nitrogens is 2. The first-order valence-corrected chi connectivity index (χ1v) is 11.2. The fourth-order valence-electron chi connectivity index (χ4n) is 4.55. The van der Waals surface area contributed by atoms with Gasteiger partial charge in [0.25, 0.3) is 11.5 Å². The highest BCUT2D eigenvalue weighted by Gasteiger charge is 2.31. The Kier molecular flexibility index (Phi) is 5.47. The van der Waals surface area contributed by atoms with E-state index >= 15 is 0 Å². The zero-order valence-corrected chi connectivity index (χ0v) is 17.8. The standard InChI is InChI=1S/C25H25N3O4/c29-23-19-12-11-18(16-20(19)26-21-10-7-15-28(21)23)25(31)32-22(17-8-3-1-4-9-17)24(30)27-13-5-2-6-14-27/h1,3-4,8-9,11-12,16,22H,2,5-7,10,13-15H2. The number of nitrogens with zero attached hydrogens (tertiary/aromatic N) is 3. The van der Waals surface area contributed by atoms with Crippen LogP contribution in [0.2, 0.25) is 0 Å². The Hall–Kier alpha value is -3.48. The summed E-state index contributed by atoms with van der Waals surface area (Å²) < 4.78 is 7.47. The monoisotopic (exact) mass is 431 g/mol. The number of aryl methyl sites for hydroxylation is 1. The Morgan fingerprint density at radius 2 is 1.72 bits per heavy atom. The first kappa shape index (κ1) is 20.4. The number of fused-ring (bicyclic) bond motifs is 2. The Labute approximate surface area is 185 Å². The number of esters is 1. The molecule has 0 radical (unpaired) electrons. The van der Waals surface area contributed by atoms with Gasteiger partial charge in [0.1, 0.15) is 5.82 Å². The SMILES string of the molecule is O=C(OC(C(=O)N1CCCCC1)c1ccccc1)c1ccc2c(=O)n3c(nc2c1)CCC3. The minimum atomic E-state index is -1.00. The van der Waals surface area contributed by atoms with Crippen molar-refractivity contribution in [2.24, 2.45) is 0 Å². The number of carbonyl (C=O) groups is 2. The maximum absolute atomic E-state index is 13.2. The molecule has 0 bridgehead atoms. The Balaban J connectivity index is 1.45. The van der Waals surface area contributed by atoms with Crippen LogP contribution in [0.25, 0.3) is 10.9 Å². The normalized spacial score (nSPS) is 16.6. The van der Waals surface area contributed by atoms with E-state index in [1.807, 2.05) is 18.2 Å². The predicted octanol–water partition coefficient (Wildman–Crippen LogP) is 3.25. The second-order valence-electron chi connectivity index (χ2n) is 8.40. The predicted molar refractivity (Wildman–Crippen MR) is 119 cm³/mol. The summed E-state index contributed by atoms with van der Waals surface area (Å²) in [6.45, 7) is 2.03.